The van der Waals surface area contributed by atoms with Gasteiger partial charge in [-0.25, -0.2) is 0 Å². The van der Waals surface area contributed by atoms with Crippen LogP contribution in [0.2, 0.25) is 5.02 Å². The molecule has 1 aliphatic heterocycles. The highest BCUT2D eigenvalue weighted by Gasteiger charge is 2.47. The fourth-order valence-electron chi connectivity index (χ4n) is 4.39. The Morgan fingerprint density at radius 2 is 1.67 bits per heavy atom. The van der Waals surface area contributed by atoms with Gasteiger partial charge in [-0.3, -0.25) is 24.6 Å². The van der Waals surface area contributed by atoms with Crippen LogP contribution in [-0.4, -0.2) is 34.8 Å². The summed E-state index contributed by atoms with van der Waals surface area (Å²) in [7, 11) is 0. The van der Waals surface area contributed by atoms with Gasteiger partial charge in [0, 0.05) is 47.2 Å². The van der Waals surface area contributed by atoms with E-state index in [2.05, 4.69) is 4.90 Å². The zero-order valence-electron chi connectivity index (χ0n) is 19.7. The zero-order chi connectivity index (χ0) is 26.0. The van der Waals surface area contributed by atoms with E-state index in [-0.39, 0.29) is 16.8 Å². The van der Waals surface area contributed by atoms with Gasteiger partial charge in [0.25, 0.3) is 17.4 Å². The van der Waals surface area contributed by atoms with Gasteiger partial charge in [-0.1, -0.05) is 35.9 Å². The van der Waals surface area contributed by atoms with Crippen molar-refractivity contribution >= 4 is 46.1 Å². The third-order valence-corrected chi connectivity index (χ3v) is 6.47. The minimum Gasteiger partial charge on any atom is -0.507 e. The second-order valence-corrected chi connectivity index (χ2v) is 8.65. The lowest BCUT2D eigenvalue weighted by Crippen LogP contribution is -2.29. The average molecular weight is 506 g/mol. The fraction of sp³-hybridized carbons (Fsp3) is 0.185. The van der Waals surface area contributed by atoms with Gasteiger partial charge in [0.1, 0.15) is 5.76 Å². The molecule has 184 valence electrons. The predicted octanol–water partition coefficient (Wildman–Crippen LogP) is 5.72. The summed E-state index contributed by atoms with van der Waals surface area (Å²) in [5.74, 6) is -2.18. The molecule has 0 spiro atoms. The second-order valence-electron chi connectivity index (χ2n) is 8.22. The molecule has 0 aliphatic carbocycles. The standard InChI is InChI=1S/C27H24ClN3O5/c1-3-29(4-2)20-12-8-17(9-13-20)24-23(25(32)18-6-5-7-22(16-18)31(35)36)26(33)27(34)30(24)21-14-10-19(28)11-15-21/h5-16,24,32H,3-4H2,1-2H3/b25-23-. The van der Waals surface area contributed by atoms with E-state index in [1.165, 1.54) is 29.2 Å². The Labute approximate surface area is 213 Å². The van der Waals surface area contributed by atoms with Gasteiger partial charge >= 0.3 is 0 Å². The number of anilines is 2. The number of ketones is 1. The number of benzene rings is 3. The molecule has 0 radical (unpaired) electrons. The third-order valence-electron chi connectivity index (χ3n) is 6.22. The van der Waals surface area contributed by atoms with Crippen LogP contribution in [0.4, 0.5) is 17.1 Å². The second kappa shape index (κ2) is 10.2. The topological polar surface area (TPSA) is 104 Å². The molecule has 9 heteroatoms. The van der Waals surface area contributed by atoms with Crippen LogP contribution in [0.1, 0.15) is 31.0 Å². The lowest BCUT2D eigenvalue weighted by atomic mass is 9.94. The van der Waals surface area contributed by atoms with Crippen molar-refractivity contribution in [3.63, 3.8) is 0 Å². The molecule has 1 saturated heterocycles. The Morgan fingerprint density at radius 1 is 1.03 bits per heavy atom. The van der Waals surface area contributed by atoms with Crippen molar-refractivity contribution in [2.75, 3.05) is 22.9 Å². The summed E-state index contributed by atoms with van der Waals surface area (Å²) in [6, 6.07) is 18.3. The van der Waals surface area contributed by atoms with Crippen molar-refractivity contribution in [1.82, 2.24) is 0 Å². The van der Waals surface area contributed by atoms with E-state index in [1.807, 2.05) is 38.1 Å². The number of non-ortho nitro benzene ring substituents is 1. The molecule has 1 N–H and O–H groups in total. The molecule has 0 aromatic heterocycles. The molecule has 1 atom stereocenters. The predicted molar refractivity (Wildman–Crippen MR) is 139 cm³/mol. The number of nitro benzene ring substituents is 1. The van der Waals surface area contributed by atoms with Gasteiger partial charge in [0.05, 0.1) is 16.5 Å². The third kappa shape index (κ3) is 4.55. The molecule has 8 nitrogen and oxygen atoms in total. The van der Waals surface area contributed by atoms with E-state index >= 15 is 0 Å². The van der Waals surface area contributed by atoms with Gasteiger partial charge in [0.15, 0.2) is 0 Å². The zero-order valence-corrected chi connectivity index (χ0v) is 20.5. The maximum Gasteiger partial charge on any atom is 0.300 e. The molecule has 0 saturated carbocycles. The van der Waals surface area contributed by atoms with Gasteiger partial charge < -0.3 is 10.0 Å². The van der Waals surface area contributed by atoms with Crippen LogP contribution in [0.25, 0.3) is 5.76 Å². The molecular weight excluding hydrogens is 482 g/mol. The van der Waals surface area contributed by atoms with Crippen molar-refractivity contribution < 1.29 is 19.6 Å². The van der Waals surface area contributed by atoms with Crippen LogP contribution in [0, 0.1) is 10.1 Å². The number of nitrogens with zero attached hydrogens (tertiary/aromatic N) is 3. The van der Waals surface area contributed by atoms with Gasteiger partial charge in [-0.2, -0.15) is 0 Å². The summed E-state index contributed by atoms with van der Waals surface area (Å²) < 4.78 is 0. The Morgan fingerprint density at radius 3 is 2.25 bits per heavy atom. The molecule has 3 aromatic carbocycles. The lowest BCUT2D eigenvalue weighted by molar-refractivity contribution is -0.384. The van der Waals surface area contributed by atoms with Crippen LogP contribution in [0.3, 0.4) is 0 Å². The highest BCUT2D eigenvalue weighted by molar-refractivity contribution is 6.51. The quantitative estimate of drug-likeness (QED) is 0.145. The summed E-state index contributed by atoms with van der Waals surface area (Å²) in [5, 5.41) is 22.9. The maximum absolute atomic E-state index is 13.3. The Bertz CT molecular complexity index is 1350. The molecule has 1 aliphatic rings. The van der Waals surface area contributed by atoms with Crippen LogP contribution in [0.15, 0.2) is 78.4 Å². The van der Waals surface area contributed by atoms with Crippen molar-refractivity contribution in [2.45, 2.75) is 19.9 Å². The number of hydrogen-bond donors (Lipinski definition) is 1. The van der Waals surface area contributed by atoms with Crippen LogP contribution in [-0.2, 0) is 9.59 Å². The first-order valence-electron chi connectivity index (χ1n) is 11.4. The summed E-state index contributed by atoms with van der Waals surface area (Å²) in [5.41, 5.74) is 1.69. The number of amides is 1. The van der Waals surface area contributed by atoms with Crippen molar-refractivity contribution in [2.24, 2.45) is 0 Å². The monoisotopic (exact) mass is 505 g/mol. The van der Waals surface area contributed by atoms with Gasteiger partial charge in [-0.15, -0.1) is 0 Å². The molecule has 4 rings (SSSR count). The average Bonchev–Trinajstić information content (AvgIpc) is 3.15. The Hall–Kier alpha value is -4.17. The number of aliphatic hydroxyl groups excluding tert-OH is 1. The lowest BCUT2D eigenvalue weighted by Gasteiger charge is -2.26. The molecule has 3 aromatic rings. The summed E-state index contributed by atoms with van der Waals surface area (Å²) in [6.07, 6.45) is 0. The van der Waals surface area contributed by atoms with E-state index in [0.717, 1.165) is 18.8 Å². The Kier molecular flexibility index (Phi) is 7.07. The van der Waals surface area contributed by atoms with Crippen LogP contribution < -0.4 is 9.80 Å². The van der Waals surface area contributed by atoms with Crippen molar-refractivity contribution in [1.29, 1.82) is 0 Å². The summed E-state index contributed by atoms with van der Waals surface area (Å²) in [6.45, 7) is 5.72. The number of hydrogen-bond acceptors (Lipinski definition) is 6. The first-order chi connectivity index (χ1) is 17.3. The molecule has 1 amide bonds. The Balaban J connectivity index is 1.90. The van der Waals surface area contributed by atoms with Crippen LogP contribution in [0.5, 0.6) is 0 Å². The minimum absolute atomic E-state index is 0.0723. The largest absolute Gasteiger partial charge is 0.507 e. The van der Waals surface area contributed by atoms with E-state index in [1.54, 1.807) is 24.3 Å². The minimum atomic E-state index is -0.948. The SMILES string of the molecule is CCN(CC)c1ccc(C2/C(=C(/O)c3cccc([N+](=O)[O-])c3)C(=O)C(=O)N2c2ccc(Cl)cc2)cc1. The van der Waals surface area contributed by atoms with E-state index in [4.69, 9.17) is 11.6 Å². The van der Waals surface area contributed by atoms with E-state index in [9.17, 15) is 24.8 Å². The number of nitro groups is 1. The number of carbonyl (C=O) groups is 2. The number of aliphatic hydroxyl groups is 1. The van der Waals surface area contributed by atoms with Crippen molar-refractivity contribution in [3.8, 4) is 0 Å². The number of carbonyl (C=O) groups excluding carboxylic acids is 2. The first kappa shape index (κ1) is 24.9. The fourth-order valence-corrected chi connectivity index (χ4v) is 4.52. The molecule has 1 fully saturated rings. The van der Waals surface area contributed by atoms with Gasteiger partial charge in [-0.05, 0) is 55.8 Å². The van der Waals surface area contributed by atoms with E-state index < -0.39 is 28.4 Å². The number of halogens is 1. The number of Topliss-reactive ketones (excluding diaryl/α,β-unsaturated/α-hetero) is 1. The molecule has 0 bridgehead atoms. The molecule has 36 heavy (non-hydrogen) atoms. The first-order valence-corrected chi connectivity index (χ1v) is 11.8. The molecule has 1 unspecified atom stereocenters. The van der Waals surface area contributed by atoms with Crippen molar-refractivity contribution in [3.05, 3.63) is 105 Å². The molecular formula is C27H24ClN3O5. The molecule has 1 heterocycles. The smallest absolute Gasteiger partial charge is 0.300 e. The normalized spacial score (nSPS) is 16.9. The summed E-state index contributed by atoms with van der Waals surface area (Å²) >= 11 is 6.03. The van der Waals surface area contributed by atoms with Gasteiger partial charge in [0.2, 0.25) is 0 Å². The van der Waals surface area contributed by atoms with E-state index in [0.29, 0.717) is 16.3 Å². The highest BCUT2D eigenvalue weighted by Crippen LogP contribution is 2.43. The highest BCUT2D eigenvalue weighted by atomic mass is 35.5. The summed E-state index contributed by atoms with van der Waals surface area (Å²) in [4.78, 5) is 40.7. The van der Waals surface area contributed by atoms with Crippen LogP contribution >= 0.6 is 11.6 Å². The number of rotatable bonds is 7. The maximum atomic E-state index is 13.3.